The van der Waals surface area contributed by atoms with Crippen LogP contribution in [0.25, 0.3) is 0 Å². The zero-order valence-electron chi connectivity index (χ0n) is 13.1. The number of anilines is 2. The lowest BCUT2D eigenvalue weighted by atomic mass is 10.2. The predicted molar refractivity (Wildman–Crippen MR) is 93.0 cm³/mol. The summed E-state index contributed by atoms with van der Waals surface area (Å²) in [6, 6.07) is 10.3. The molecule has 0 fully saturated rings. The Hall–Kier alpha value is -3.13. The number of esters is 1. The number of para-hydroxylation sites is 1. The Morgan fingerprint density at radius 2 is 1.92 bits per heavy atom. The lowest BCUT2D eigenvalue weighted by Crippen LogP contribution is -2.21. The number of non-ortho nitro benzene ring substituents is 1. The Labute approximate surface area is 147 Å². The van der Waals surface area contributed by atoms with Gasteiger partial charge in [0.15, 0.2) is 6.61 Å². The van der Waals surface area contributed by atoms with Crippen LogP contribution >= 0.6 is 11.6 Å². The van der Waals surface area contributed by atoms with Crippen molar-refractivity contribution in [2.24, 2.45) is 0 Å². The highest BCUT2D eigenvalue weighted by Crippen LogP contribution is 2.26. The third kappa shape index (κ3) is 4.67. The van der Waals surface area contributed by atoms with Gasteiger partial charge < -0.3 is 15.4 Å². The number of nitrogens with one attached hydrogen (secondary N) is 2. The van der Waals surface area contributed by atoms with Gasteiger partial charge in [-0.1, -0.05) is 23.7 Å². The largest absolute Gasteiger partial charge is 0.452 e. The topological polar surface area (TPSA) is 111 Å². The molecule has 0 saturated carbocycles. The lowest BCUT2D eigenvalue weighted by molar-refractivity contribution is -0.384. The summed E-state index contributed by atoms with van der Waals surface area (Å²) in [6.07, 6.45) is 0. The van der Waals surface area contributed by atoms with Gasteiger partial charge in [0, 0.05) is 24.9 Å². The Bertz CT molecular complexity index is 825. The maximum atomic E-state index is 12.0. The van der Waals surface area contributed by atoms with Crippen LogP contribution < -0.4 is 10.6 Å². The van der Waals surface area contributed by atoms with Gasteiger partial charge in [0.05, 0.1) is 21.2 Å². The number of halogens is 1. The number of benzene rings is 2. The van der Waals surface area contributed by atoms with Crippen molar-refractivity contribution in [2.45, 2.75) is 0 Å². The Morgan fingerprint density at radius 1 is 1.20 bits per heavy atom. The second-order valence-corrected chi connectivity index (χ2v) is 5.25. The fraction of sp³-hybridized carbons (Fsp3) is 0.125. The van der Waals surface area contributed by atoms with E-state index in [1.165, 1.54) is 12.1 Å². The first-order chi connectivity index (χ1) is 11.9. The highest BCUT2D eigenvalue weighted by Gasteiger charge is 2.15. The van der Waals surface area contributed by atoms with Gasteiger partial charge in [-0.3, -0.25) is 14.9 Å². The van der Waals surface area contributed by atoms with Gasteiger partial charge in [-0.05, 0) is 18.2 Å². The molecule has 0 aliphatic carbocycles. The van der Waals surface area contributed by atoms with Gasteiger partial charge in [-0.25, -0.2) is 4.79 Å². The Balaban J connectivity index is 2.00. The lowest BCUT2D eigenvalue weighted by Gasteiger charge is -2.10. The average molecular weight is 364 g/mol. The molecule has 2 N–H and O–H groups in total. The van der Waals surface area contributed by atoms with Gasteiger partial charge >= 0.3 is 5.97 Å². The fourth-order valence-electron chi connectivity index (χ4n) is 2.00. The van der Waals surface area contributed by atoms with Crippen LogP contribution in [0.2, 0.25) is 5.02 Å². The van der Waals surface area contributed by atoms with E-state index >= 15 is 0 Å². The van der Waals surface area contributed by atoms with E-state index in [2.05, 4.69) is 10.6 Å². The van der Waals surface area contributed by atoms with Gasteiger partial charge in [0.2, 0.25) is 0 Å². The Morgan fingerprint density at radius 3 is 2.60 bits per heavy atom. The predicted octanol–water partition coefficient (Wildman–Crippen LogP) is 3.09. The maximum absolute atomic E-state index is 12.0. The van der Waals surface area contributed by atoms with E-state index in [0.29, 0.717) is 5.69 Å². The van der Waals surface area contributed by atoms with Crippen LogP contribution in [0.4, 0.5) is 17.1 Å². The molecule has 0 aliphatic heterocycles. The van der Waals surface area contributed by atoms with E-state index in [9.17, 15) is 19.7 Å². The van der Waals surface area contributed by atoms with Crippen molar-refractivity contribution in [3.05, 3.63) is 63.2 Å². The summed E-state index contributed by atoms with van der Waals surface area (Å²) in [4.78, 5) is 34.1. The molecule has 8 nitrogen and oxygen atoms in total. The normalized spacial score (nSPS) is 10.0. The summed E-state index contributed by atoms with van der Waals surface area (Å²) in [5.41, 5.74) is 0.688. The molecule has 0 aliphatic rings. The molecular formula is C16H14ClN3O5. The molecule has 0 heterocycles. The molecule has 2 aromatic carbocycles. The van der Waals surface area contributed by atoms with Crippen LogP contribution in [-0.2, 0) is 9.53 Å². The first kappa shape index (κ1) is 18.2. The van der Waals surface area contributed by atoms with Gasteiger partial charge in [0.1, 0.15) is 0 Å². The SMILES string of the molecule is CNc1ccccc1C(=O)OCC(=O)Nc1cc([N+](=O)[O-])ccc1Cl. The number of carbonyl (C=O) groups is 2. The van der Waals surface area contributed by atoms with Crippen molar-refractivity contribution in [1.82, 2.24) is 0 Å². The van der Waals surface area contributed by atoms with Crippen molar-refractivity contribution in [3.8, 4) is 0 Å². The van der Waals surface area contributed by atoms with E-state index in [1.807, 2.05) is 0 Å². The molecule has 0 atom stereocenters. The summed E-state index contributed by atoms with van der Waals surface area (Å²) in [7, 11) is 1.66. The molecular weight excluding hydrogens is 350 g/mol. The van der Waals surface area contributed by atoms with Crippen molar-refractivity contribution < 1.29 is 19.2 Å². The number of nitrogens with zero attached hydrogens (tertiary/aromatic N) is 1. The second kappa shape index (κ2) is 8.11. The summed E-state index contributed by atoms with van der Waals surface area (Å²) in [6.45, 7) is -0.560. The minimum Gasteiger partial charge on any atom is -0.452 e. The molecule has 25 heavy (non-hydrogen) atoms. The van der Waals surface area contributed by atoms with Crippen LogP contribution in [0, 0.1) is 10.1 Å². The zero-order valence-corrected chi connectivity index (χ0v) is 13.9. The molecule has 0 saturated heterocycles. The van der Waals surface area contributed by atoms with Gasteiger partial charge in [0.25, 0.3) is 11.6 Å². The molecule has 0 spiro atoms. The molecule has 2 rings (SSSR count). The highest BCUT2D eigenvalue weighted by molar-refractivity contribution is 6.33. The van der Waals surface area contributed by atoms with E-state index in [4.69, 9.17) is 16.3 Å². The number of carbonyl (C=O) groups excluding carboxylic acids is 2. The van der Waals surface area contributed by atoms with E-state index < -0.39 is 23.4 Å². The van der Waals surface area contributed by atoms with Gasteiger partial charge in [-0.2, -0.15) is 0 Å². The van der Waals surface area contributed by atoms with Crippen molar-refractivity contribution in [2.75, 3.05) is 24.3 Å². The monoisotopic (exact) mass is 363 g/mol. The first-order valence-electron chi connectivity index (χ1n) is 7.10. The summed E-state index contributed by atoms with van der Waals surface area (Å²) in [5, 5.41) is 16.1. The molecule has 0 unspecified atom stereocenters. The number of rotatable bonds is 6. The van der Waals surface area contributed by atoms with Crippen LogP contribution in [-0.4, -0.2) is 30.5 Å². The van der Waals surface area contributed by atoms with Gasteiger partial charge in [-0.15, -0.1) is 0 Å². The first-order valence-corrected chi connectivity index (χ1v) is 7.48. The summed E-state index contributed by atoms with van der Waals surface area (Å²) in [5.74, 6) is -1.34. The van der Waals surface area contributed by atoms with Crippen molar-refractivity contribution in [1.29, 1.82) is 0 Å². The maximum Gasteiger partial charge on any atom is 0.340 e. The second-order valence-electron chi connectivity index (χ2n) is 4.84. The Kier molecular flexibility index (Phi) is 5.91. The minimum atomic E-state index is -0.676. The van der Waals surface area contributed by atoms with E-state index in [1.54, 1.807) is 31.3 Å². The molecule has 9 heteroatoms. The molecule has 2 aromatic rings. The number of hydrogen-bond donors (Lipinski definition) is 2. The minimum absolute atomic E-state index is 0.0625. The smallest absolute Gasteiger partial charge is 0.340 e. The van der Waals surface area contributed by atoms with Crippen LogP contribution in [0.1, 0.15) is 10.4 Å². The quantitative estimate of drug-likeness (QED) is 0.463. The molecule has 0 radical (unpaired) electrons. The number of amides is 1. The average Bonchev–Trinajstić information content (AvgIpc) is 2.61. The highest BCUT2D eigenvalue weighted by atomic mass is 35.5. The van der Waals surface area contributed by atoms with Crippen LogP contribution in [0.3, 0.4) is 0 Å². The molecule has 0 bridgehead atoms. The van der Waals surface area contributed by atoms with E-state index in [0.717, 1.165) is 6.07 Å². The zero-order chi connectivity index (χ0) is 18.4. The van der Waals surface area contributed by atoms with E-state index in [-0.39, 0.29) is 22.0 Å². The van der Waals surface area contributed by atoms with Crippen molar-refractivity contribution in [3.63, 3.8) is 0 Å². The van der Waals surface area contributed by atoms with Crippen molar-refractivity contribution >= 4 is 40.5 Å². The molecule has 0 aromatic heterocycles. The molecule has 130 valence electrons. The standard InChI is InChI=1S/C16H14ClN3O5/c1-18-13-5-3-2-4-11(13)16(22)25-9-15(21)19-14-8-10(20(23)24)6-7-12(14)17/h2-8,18H,9H2,1H3,(H,19,21). The summed E-state index contributed by atoms with van der Waals surface area (Å²) >= 11 is 5.89. The third-order valence-electron chi connectivity index (χ3n) is 3.19. The number of ether oxygens (including phenoxy) is 1. The third-order valence-corrected chi connectivity index (χ3v) is 3.52. The molecule has 1 amide bonds. The number of nitro benzene ring substituents is 1. The van der Waals surface area contributed by atoms with Crippen LogP contribution in [0.5, 0.6) is 0 Å². The number of hydrogen-bond acceptors (Lipinski definition) is 6. The summed E-state index contributed by atoms with van der Waals surface area (Å²) < 4.78 is 4.95. The fourth-order valence-corrected chi connectivity index (χ4v) is 2.16. The number of nitro groups is 1. The van der Waals surface area contributed by atoms with Crippen LogP contribution in [0.15, 0.2) is 42.5 Å².